The number of rotatable bonds is 6. The fraction of sp³-hybridized carbons (Fsp3) is 0.0500. The number of hydrogen-bond donors (Lipinski definition) is 4. The summed E-state index contributed by atoms with van der Waals surface area (Å²) in [6.07, 6.45) is 0. The van der Waals surface area contributed by atoms with Crippen molar-refractivity contribution in [2.24, 2.45) is 0 Å². The Morgan fingerprint density at radius 1 is 1.03 bits per heavy atom. The molecule has 0 unspecified atom stereocenters. The van der Waals surface area contributed by atoms with Crippen molar-refractivity contribution in [3.8, 4) is 16.9 Å². The molecule has 1 aromatic heterocycles. The van der Waals surface area contributed by atoms with Gasteiger partial charge in [0.25, 0.3) is 5.56 Å². The van der Waals surface area contributed by atoms with Crippen LogP contribution in [-0.2, 0) is 6.61 Å². The number of benzene rings is 2. The quantitative estimate of drug-likeness (QED) is 0.500. The number of carboxylic acid groups (broad SMARTS) is 2. The number of carbonyl (C=O) groups is 2. The van der Waals surface area contributed by atoms with Crippen LogP contribution in [0.3, 0.4) is 0 Å². The van der Waals surface area contributed by atoms with E-state index in [1.165, 1.54) is 36.4 Å². The summed E-state index contributed by atoms with van der Waals surface area (Å²) in [5.41, 5.74) is 3.33. The molecule has 2 aromatic carbocycles. The van der Waals surface area contributed by atoms with Gasteiger partial charge in [-0.1, -0.05) is 30.3 Å². The summed E-state index contributed by atoms with van der Waals surface area (Å²) in [4.78, 5) is 37.4. The Labute approximate surface area is 163 Å². The maximum absolute atomic E-state index is 13.7. The van der Waals surface area contributed by atoms with Crippen LogP contribution in [0.4, 0.5) is 10.2 Å². The smallest absolute Gasteiger partial charge is 0.342 e. The zero-order valence-electron chi connectivity index (χ0n) is 14.8. The molecule has 1 heterocycles. The number of ether oxygens (including phenoxy) is 1. The number of nitrogens with one attached hydrogen (secondary N) is 1. The lowest BCUT2D eigenvalue weighted by Gasteiger charge is -2.13. The number of aromatic amines is 1. The van der Waals surface area contributed by atoms with E-state index in [1.807, 2.05) is 4.98 Å². The second-order valence-electron chi connectivity index (χ2n) is 6.01. The summed E-state index contributed by atoms with van der Waals surface area (Å²) >= 11 is 0. The van der Waals surface area contributed by atoms with Crippen molar-refractivity contribution in [2.45, 2.75) is 6.61 Å². The predicted molar refractivity (Wildman–Crippen MR) is 102 cm³/mol. The van der Waals surface area contributed by atoms with Crippen LogP contribution in [0.2, 0.25) is 0 Å². The largest absolute Gasteiger partial charge is 0.489 e. The van der Waals surface area contributed by atoms with Gasteiger partial charge in [0, 0.05) is 11.1 Å². The maximum Gasteiger partial charge on any atom is 0.342 e. The zero-order chi connectivity index (χ0) is 21.1. The highest BCUT2D eigenvalue weighted by atomic mass is 19.1. The Kier molecular flexibility index (Phi) is 5.31. The normalized spacial score (nSPS) is 10.5. The van der Waals surface area contributed by atoms with Crippen molar-refractivity contribution in [1.82, 2.24) is 4.98 Å². The summed E-state index contributed by atoms with van der Waals surface area (Å²) in [6, 6.07) is 11.8. The van der Waals surface area contributed by atoms with Crippen molar-refractivity contribution < 1.29 is 28.9 Å². The van der Waals surface area contributed by atoms with E-state index in [0.717, 1.165) is 0 Å². The van der Waals surface area contributed by atoms with Crippen LogP contribution in [0.1, 0.15) is 26.3 Å². The minimum atomic E-state index is -1.61. The molecule has 9 heteroatoms. The molecule has 0 aliphatic rings. The van der Waals surface area contributed by atoms with Crippen LogP contribution in [0.5, 0.6) is 5.75 Å². The van der Waals surface area contributed by atoms with Crippen molar-refractivity contribution >= 4 is 17.8 Å². The van der Waals surface area contributed by atoms with E-state index in [0.29, 0.717) is 5.56 Å². The number of hydrogen-bond acceptors (Lipinski definition) is 5. The molecular weight excluding hydrogens is 383 g/mol. The van der Waals surface area contributed by atoms with Crippen molar-refractivity contribution in [2.75, 3.05) is 5.73 Å². The van der Waals surface area contributed by atoms with Gasteiger partial charge in [0.15, 0.2) is 0 Å². The van der Waals surface area contributed by atoms with E-state index in [4.69, 9.17) is 10.5 Å². The average Bonchev–Trinajstić information content (AvgIpc) is 2.66. The van der Waals surface area contributed by atoms with E-state index < -0.39 is 40.3 Å². The number of halogens is 1. The molecule has 0 aliphatic carbocycles. The third-order valence-corrected chi connectivity index (χ3v) is 4.15. The molecule has 8 nitrogen and oxygen atoms in total. The second-order valence-corrected chi connectivity index (χ2v) is 6.01. The van der Waals surface area contributed by atoms with Gasteiger partial charge in [0.1, 0.15) is 35.1 Å². The summed E-state index contributed by atoms with van der Waals surface area (Å²) in [5, 5.41) is 18.9. The highest BCUT2D eigenvalue weighted by Crippen LogP contribution is 2.31. The molecule has 5 N–H and O–H groups in total. The third kappa shape index (κ3) is 3.93. The van der Waals surface area contributed by atoms with Crippen LogP contribution >= 0.6 is 0 Å². The molecule has 0 spiro atoms. The number of nitrogens with two attached hydrogens (primary N) is 1. The zero-order valence-corrected chi connectivity index (χ0v) is 14.8. The van der Waals surface area contributed by atoms with Gasteiger partial charge in [0.05, 0.1) is 0 Å². The van der Waals surface area contributed by atoms with Gasteiger partial charge in [-0.2, -0.15) is 0 Å². The second kappa shape index (κ2) is 7.85. The number of aromatic nitrogens is 1. The average molecular weight is 398 g/mol. The standard InChI is InChI=1S/C20H15FN2O6/c21-13-7-2-1-4-11(13)9-29-12-6-3-5-10(8-12)14-15(19(25)26)17(22)23-18(24)16(14)20(27)28/h1-8H,9H2,(H,25,26)(H,27,28)(H3,22,23,24). The molecule has 0 radical (unpaired) electrons. The van der Waals surface area contributed by atoms with Crippen molar-refractivity contribution in [1.29, 1.82) is 0 Å². The highest BCUT2D eigenvalue weighted by Gasteiger charge is 2.26. The lowest BCUT2D eigenvalue weighted by molar-refractivity contribution is 0.0695. The van der Waals surface area contributed by atoms with Crippen molar-refractivity contribution in [3.63, 3.8) is 0 Å². The summed E-state index contributed by atoms with van der Waals surface area (Å²) in [7, 11) is 0. The summed E-state index contributed by atoms with van der Waals surface area (Å²) in [6.45, 7) is -0.106. The van der Waals surface area contributed by atoms with E-state index in [-0.39, 0.29) is 23.5 Å². The molecule has 29 heavy (non-hydrogen) atoms. The number of pyridine rings is 1. The monoisotopic (exact) mass is 398 g/mol. The number of anilines is 1. The topological polar surface area (TPSA) is 143 Å². The molecule has 0 fully saturated rings. The van der Waals surface area contributed by atoms with Crippen LogP contribution < -0.4 is 16.0 Å². The first-order valence-electron chi connectivity index (χ1n) is 8.28. The number of carboxylic acids is 2. The van der Waals surface area contributed by atoms with Gasteiger partial charge in [0.2, 0.25) is 0 Å². The summed E-state index contributed by atoms with van der Waals surface area (Å²) < 4.78 is 19.3. The highest BCUT2D eigenvalue weighted by molar-refractivity contribution is 6.07. The van der Waals surface area contributed by atoms with Gasteiger partial charge in [-0.25, -0.2) is 14.0 Å². The van der Waals surface area contributed by atoms with Crippen LogP contribution in [0.15, 0.2) is 53.3 Å². The van der Waals surface area contributed by atoms with Gasteiger partial charge >= 0.3 is 11.9 Å². The van der Waals surface area contributed by atoms with Crippen molar-refractivity contribution in [3.05, 3.63) is 81.4 Å². The Morgan fingerprint density at radius 3 is 2.38 bits per heavy atom. The predicted octanol–water partition coefficient (Wildman–Crippen LogP) is 2.74. The van der Waals surface area contributed by atoms with Gasteiger partial charge in [-0.05, 0) is 23.8 Å². The molecule has 0 bridgehead atoms. The fourth-order valence-corrected chi connectivity index (χ4v) is 2.85. The first-order chi connectivity index (χ1) is 13.8. The molecule has 0 saturated heterocycles. The van der Waals surface area contributed by atoms with E-state index in [2.05, 4.69) is 0 Å². The van der Waals surface area contributed by atoms with Crippen LogP contribution in [0.25, 0.3) is 11.1 Å². The maximum atomic E-state index is 13.7. The molecule has 3 aromatic rings. The number of aromatic carboxylic acids is 2. The summed E-state index contributed by atoms with van der Waals surface area (Å²) in [5.74, 6) is -3.82. The van der Waals surface area contributed by atoms with E-state index in [9.17, 15) is 29.0 Å². The van der Waals surface area contributed by atoms with Crippen LogP contribution in [-0.4, -0.2) is 27.1 Å². The Balaban J connectivity index is 2.09. The number of H-pyrrole nitrogens is 1. The molecular formula is C20H15FN2O6. The molecule has 0 atom stereocenters. The first kappa shape index (κ1) is 19.6. The Morgan fingerprint density at radius 2 is 1.72 bits per heavy atom. The Bertz CT molecular complexity index is 1170. The lowest BCUT2D eigenvalue weighted by Crippen LogP contribution is -2.24. The van der Waals surface area contributed by atoms with E-state index in [1.54, 1.807) is 12.1 Å². The van der Waals surface area contributed by atoms with E-state index >= 15 is 0 Å². The minimum absolute atomic E-state index is 0.101. The molecule has 0 aliphatic heterocycles. The SMILES string of the molecule is Nc1[nH]c(=O)c(C(=O)O)c(-c2cccc(OCc3ccccc3F)c2)c1C(=O)O. The molecule has 0 saturated carbocycles. The fourth-order valence-electron chi connectivity index (χ4n) is 2.85. The molecule has 148 valence electrons. The number of nitrogen functional groups attached to an aromatic ring is 1. The van der Waals surface area contributed by atoms with Gasteiger partial charge in [-0.3, -0.25) is 4.79 Å². The van der Waals surface area contributed by atoms with Crippen LogP contribution in [0, 0.1) is 5.82 Å². The van der Waals surface area contributed by atoms with Gasteiger partial charge < -0.3 is 25.7 Å². The minimum Gasteiger partial charge on any atom is -0.489 e. The molecule has 3 rings (SSSR count). The first-order valence-corrected chi connectivity index (χ1v) is 8.28. The lowest BCUT2D eigenvalue weighted by atomic mass is 9.95. The molecule has 0 amide bonds. The Hall–Kier alpha value is -4.14. The van der Waals surface area contributed by atoms with Gasteiger partial charge in [-0.15, -0.1) is 0 Å². The third-order valence-electron chi connectivity index (χ3n) is 4.15.